The molecule has 1 rings (SSSR count). The van der Waals surface area contributed by atoms with Crippen LogP contribution in [-0.2, 0) is 9.47 Å². The van der Waals surface area contributed by atoms with Gasteiger partial charge in [-0.3, -0.25) is 10.1 Å². The van der Waals surface area contributed by atoms with Crippen molar-refractivity contribution in [1.29, 1.82) is 0 Å². The van der Waals surface area contributed by atoms with E-state index in [0.717, 1.165) is 6.42 Å². The van der Waals surface area contributed by atoms with Gasteiger partial charge >= 0.3 is 0 Å². The smallest absolute Gasteiger partial charge is 0.287 e. The Labute approximate surface area is 105 Å². The Kier molecular flexibility index (Phi) is 6.03. The molecule has 1 heterocycles. The third kappa shape index (κ3) is 4.64. The second-order valence-corrected chi connectivity index (χ2v) is 3.50. The summed E-state index contributed by atoms with van der Waals surface area (Å²) in [6.45, 7) is 0.452. The van der Waals surface area contributed by atoms with Crippen molar-refractivity contribution in [2.45, 2.75) is 19.1 Å². The predicted molar refractivity (Wildman–Crippen MR) is 63.4 cm³/mol. The molecule has 0 unspecified atom stereocenters. The summed E-state index contributed by atoms with van der Waals surface area (Å²) in [5.41, 5.74) is -0.0545. The molecule has 100 valence electrons. The Bertz CT molecular complexity index is 364. The van der Waals surface area contributed by atoms with Crippen molar-refractivity contribution in [2.24, 2.45) is 0 Å². The third-order valence-corrected chi connectivity index (χ3v) is 2.29. The van der Waals surface area contributed by atoms with Gasteiger partial charge in [0.05, 0.1) is 11.5 Å². The molecule has 0 radical (unpaired) electrons. The molecule has 0 saturated carbocycles. The van der Waals surface area contributed by atoms with E-state index in [4.69, 9.17) is 14.2 Å². The number of hydrogen-bond donors (Lipinski definition) is 0. The predicted octanol–water partition coefficient (Wildman–Crippen LogP) is 1.77. The number of rotatable bonds is 8. The van der Waals surface area contributed by atoms with Crippen LogP contribution in [0.3, 0.4) is 0 Å². The van der Waals surface area contributed by atoms with Crippen LogP contribution >= 0.6 is 0 Å². The number of methoxy groups -OCH3 is 2. The summed E-state index contributed by atoms with van der Waals surface area (Å²) < 4.78 is 15.4. The van der Waals surface area contributed by atoms with E-state index in [2.05, 4.69) is 4.98 Å². The molecule has 0 aromatic carbocycles. The van der Waals surface area contributed by atoms with Crippen molar-refractivity contribution in [3.05, 3.63) is 28.4 Å². The van der Waals surface area contributed by atoms with Crippen LogP contribution in [0.4, 0.5) is 5.69 Å². The van der Waals surface area contributed by atoms with Gasteiger partial charge in [-0.15, -0.1) is 0 Å². The van der Waals surface area contributed by atoms with Gasteiger partial charge in [0.25, 0.3) is 5.69 Å². The van der Waals surface area contributed by atoms with E-state index in [1.807, 2.05) is 0 Å². The van der Waals surface area contributed by atoms with Crippen molar-refractivity contribution < 1.29 is 19.1 Å². The van der Waals surface area contributed by atoms with E-state index in [9.17, 15) is 10.1 Å². The van der Waals surface area contributed by atoms with Crippen LogP contribution < -0.4 is 4.74 Å². The summed E-state index contributed by atoms with van der Waals surface area (Å²) in [4.78, 5) is 13.7. The molecule has 0 fully saturated rings. The van der Waals surface area contributed by atoms with Gasteiger partial charge in [-0.1, -0.05) is 0 Å². The summed E-state index contributed by atoms with van der Waals surface area (Å²) in [6, 6.07) is 2.83. The average molecular weight is 256 g/mol. The number of aromatic nitrogens is 1. The number of pyridine rings is 1. The molecule has 7 heteroatoms. The van der Waals surface area contributed by atoms with Gasteiger partial charge in [0.1, 0.15) is 6.20 Å². The first-order valence-electron chi connectivity index (χ1n) is 5.46. The molecular formula is C11H16N2O5. The molecule has 18 heavy (non-hydrogen) atoms. The maximum Gasteiger partial charge on any atom is 0.287 e. The third-order valence-electron chi connectivity index (χ3n) is 2.29. The van der Waals surface area contributed by atoms with Crippen LogP contribution in [0.25, 0.3) is 0 Å². The van der Waals surface area contributed by atoms with Crippen LogP contribution in [0.15, 0.2) is 18.3 Å². The first-order chi connectivity index (χ1) is 8.67. The number of nitrogens with zero attached hydrogens (tertiary/aromatic N) is 2. The zero-order chi connectivity index (χ0) is 13.4. The molecule has 1 aromatic heterocycles. The second-order valence-electron chi connectivity index (χ2n) is 3.50. The molecule has 0 spiro atoms. The highest BCUT2D eigenvalue weighted by Gasteiger charge is 2.07. The van der Waals surface area contributed by atoms with Gasteiger partial charge in [0.2, 0.25) is 5.88 Å². The van der Waals surface area contributed by atoms with E-state index in [-0.39, 0.29) is 12.0 Å². The maximum absolute atomic E-state index is 10.4. The van der Waals surface area contributed by atoms with Crippen molar-refractivity contribution in [3.8, 4) is 5.88 Å². The molecule has 0 amide bonds. The lowest BCUT2D eigenvalue weighted by molar-refractivity contribution is -0.385. The van der Waals surface area contributed by atoms with Crippen molar-refractivity contribution >= 4 is 5.69 Å². The molecular weight excluding hydrogens is 240 g/mol. The van der Waals surface area contributed by atoms with E-state index in [0.29, 0.717) is 18.9 Å². The van der Waals surface area contributed by atoms with Gasteiger partial charge in [-0.05, 0) is 6.42 Å². The number of ether oxygens (including phenoxy) is 3. The fraction of sp³-hybridized carbons (Fsp3) is 0.545. The SMILES string of the molecule is COC(CCCOc1ccc([N+](=O)[O-])cn1)OC. The lowest BCUT2D eigenvalue weighted by Crippen LogP contribution is -2.14. The lowest BCUT2D eigenvalue weighted by Gasteiger charge is -2.12. The van der Waals surface area contributed by atoms with Crippen molar-refractivity contribution in [1.82, 2.24) is 4.98 Å². The summed E-state index contributed by atoms with van der Waals surface area (Å²) >= 11 is 0. The normalized spacial score (nSPS) is 10.6. The zero-order valence-electron chi connectivity index (χ0n) is 10.4. The number of nitro groups is 1. The first kappa shape index (κ1) is 14.3. The van der Waals surface area contributed by atoms with Gasteiger partial charge in [-0.25, -0.2) is 4.98 Å². The largest absolute Gasteiger partial charge is 0.478 e. The van der Waals surface area contributed by atoms with Crippen molar-refractivity contribution in [2.75, 3.05) is 20.8 Å². The van der Waals surface area contributed by atoms with Crippen LogP contribution in [0.5, 0.6) is 5.88 Å². The monoisotopic (exact) mass is 256 g/mol. The van der Waals surface area contributed by atoms with Gasteiger partial charge < -0.3 is 14.2 Å². The Morgan fingerprint density at radius 3 is 2.61 bits per heavy atom. The van der Waals surface area contributed by atoms with E-state index in [1.165, 1.54) is 18.3 Å². The highest BCUT2D eigenvalue weighted by molar-refractivity contribution is 5.28. The molecule has 0 aliphatic heterocycles. The van der Waals surface area contributed by atoms with Crippen LogP contribution in [0.1, 0.15) is 12.8 Å². The lowest BCUT2D eigenvalue weighted by atomic mass is 10.3. The van der Waals surface area contributed by atoms with Gasteiger partial charge in [0, 0.05) is 32.8 Å². The van der Waals surface area contributed by atoms with Crippen LogP contribution in [0.2, 0.25) is 0 Å². The van der Waals surface area contributed by atoms with Gasteiger partial charge in [0.15, 0.2) is 6.29 Å². The zero-order valence-corrected chi connectivity index (χ0v) is 10.4. The minimum Gasteiger partial charge on any atom is -0.478 e. The minimum absolute atomic E-state index is 0.0545. The molecule has 1 aromatic rings. The highest BCUT2D eigenvalue weighted by atomic mass is 16.7. The van der Waals surface area contributed by atoms with Crippen molar-refractivity contribution in [3.63, 3.8) is 0 Å². The highest BCUT2D eigenvalue weighted by Crippen LogP contribution is 2.13. The van der Waals surface area contributed by atoms with Crippen LogP contribution in [0, 0.1) is 10.1 Å². The standard InChI is InChI=1S/C11H16N2O5/c1-16-11(17-2)4-3-7-18-10-6-5-9(8-12-10)13(14)15/h5-6,8,11H,3-4,7H2,1-2H3. The topological polar surface area (TPSA) is 83.7 Å². The molecule has 0 N–H and O–H groups in total. The Morgan fingerprint density at radius 1 is 1.39 bits per heavy atom. The van der Waals surface area contributed by atoms with Crippen LogP contribution in [-0.4, -0.2) is 37.0 Å². The van der Waals surface area contributed by atoms with E-state index < -0.39 is 4.92 Å². The summed E-state index contributed by atoms with van der Waals surface area (Å²) in [7, 11) is 3.15. The minimum atomic E-state index is -0.501. The summed E-state index contributed by atoms with van der Waals surface area (Å²) in [5, 5.41) is 10.4. The molecule has 0 atom stereocenters. The molecule has 7 nitrogen and oxygen atoms in total. The quantitative estimate of drug-likeness (QED) is 0.305. The number of hydrogen-bond acceptors (Lipinski definition) is 6. The maximum atomic E-state index is 10.4. The summed E-state index contributed by atoms with van der Waals surface area (Å²) in [6.07, 6.45) is 2.38. The molecule has 0 aliphatic carbocycles. The van der Waals surface area contributed by atoms with E-state index in [1.54, 1.807) is 14.2 Å². The fourth-order valence-electron chi connectivity index (χ4n) is 1.32. The molecule has 0 aliphatic rings. The Hall–Kier alpha value is -1.73. The Morgan fingerprint density at radius 2 is 2.11 bits per heavy atom. The molecule has 0 bridgehead atoms. The first-order valence-corrected chi connectivity index (χ1v) is 5.46. The van der Waals surface area contributed by atoms with Gasteiger partial charge in [-0.2, -0.15) is 0 Å². The second kappa shape index (κ2) is 7.57. The summed E-state index contributed by atoms with van der Waals surface area (Å²) in [5.74, 6) is 0.368. The average Bonchev–Trinajstić information content (AvgIpc) is 2.39. The Balaban J connectivity index is 2.29. The molecule has 0 saturated heterocycles. The fourth-order valence-corrected chi connectivity index (χ4v) is 1.32. The van der Waals surface area contributed by atoms with E-state index >= 15 is 0 Å².